The second-order valence-corrected chi connectivity index (χ2v) is 3.26. The van der Waals surface area contributed by atoms with E-state index in [9.17, 15) is 9.59 Å². The lowest BCUT2D eigenvalue weighted by molar-refractivity contribution is -0.128. The molecule has 4 heteroatoms. The summed E-state index contributed by atoms with van der Waals surface area (Å²) in [5.74, 6) is -0.216. The van der Waals surface area contributed by atoms with Gasteiger partial charge in [0.15, 0.2) is 0 Å². The van der Waals surface area contributed by atoms with E-state index in [0.29, 0.717) is 13.0 Å². The zero-order chi connectivity index (χ0) is 9.90. The molecule has 1 spiro atoms. The molecule has 0 radical (unpaired) electrons. The van der Waals surface area contributed by atoms with E-state index in [1.165, 1.54) is 0 Å². The Morgan fingerprint density at radius 1 is 1.31 bits per heavy atom. The molecule has 2 N–H and O–H groups in total. The number of rotatable bonds is 0. The molecule has 0 aromatic carbocycles. The summed E-state index contributed by atoms with van der Waals surface area (Å²) in [4.78, 5) is 22.1. The molecule has 0 bridgehead atoms. The first-order valence-corrected chi connectivity index (χ1v) is 4.78. The maximum atomic E-state index is 11.2. The summed E-state index contributed by atoms with van der Waals surface area (Å²) in [7, 11) is 0. The van der Waals surface area contributed by atoms with Gasteiger partial charge in [0.05, 0.1) is 5.41 Å². The van der Waals surface area contributed by atoms with Crippen LogP contribution in [0.4, 0.5) is 0 Å². The Morgan fingerprint density at radius 3 is 2.38 bits per heavy atom. The van der Waals surface area contributed by atoms with Gasteiger partial charge in [0, 0.05) is 13.0 Å². The molecule has 0 saturated carbocycles. The number of hydrogen-bond acceptors (Lipinski definition) is 3. The normalized spacial score (nSPS) is 31.5. The van der Waals surface area contributed by atoms with Crippen molar-refractivity contribution in [2.24, 2.45) is 5.41 Å². The molecule has 74 valence electrons. The first-order chi connectivity index (χ1) is 6.23. The summed E-state index contributed by atoms with van der Waals surface area (Å²) in [5.41, 5.74) is -0.392. The molecule has 13 heavy (non-hydrogen) atoms. The van der Waals surface area contributed by atoms with Crippen molar-refractivity contribution in [3.8, 4) is 0 Å². The topological polar surface area (TPSA) is 58.2 Å². The number of nitrogens with one attached hydrogen (secondary N) is 2. The fourth-order valence-electron chi connectivity index (χ4n) is 1.78. The van der Waals surface area contributed by atoms with E-state index in [2.05, 4.69) is 10.6 Å². The Labute approximate surface area is 78.1 Å². The van der Waals surface area contributed by atoms with Crippen LogP contribution in [0.2, 0.25) is 0 Å². The van der Waals surface area contributed by atoms with Gasteiger partial charge in [0.1, 0.15) is 0 Å². The lowest BCUT2D eigenvalue weighted by atomic mass is 9.86. The molecule has 0 aliphatic carbocycles. The summed E-state index contributed by atoms with van der Waals surface area (Å²) >= 11 is 0. The Balaban J connectivity index is 0.000000396. The van der Waals surface area contributed by atoms with Crippen LogP contribution in [0.15, 0.2) is 0 Å². The quantitative estimate of drug-likeness (QED) is 0.522. The smallest absolute Gasteiger partial charge is 0.234 e. The average Bonchev–Trinajstić information content (AvgIpc) is 2.66. The van der Waals surface area contributed by atoms with Crippen molar-refractivity contribution in [3.05, 3.63) is 0 Å². The minimum Gasteiger partial charge on any atom is -0.316 e. The van der Waals surface area contributed by atoms with Crippen LogP contribution in [0.5, 0.6) is 0 Å². The van der Waals surface area contributed by atoms with E-state index in [4.69, 9.17) is 0 Å². The van der Waals surface area contributed by atoms with Crippen molar-refractivity contribution in [3.63, 3.8) is 0 Å². The Hall–Kier alpha value is -0.900. The van der Waals surface area contributed by atoms with Crippen LogP contribution >= 0.6 is 0 Å². The van der Waals surface area contributed by atoms with E-state index >= 15 is 0 Å². The van der Waals surface area contributed by atoms with Gasteiger partial charge in [-0.05, 0) is 13.0 Å². The highest BCUT2D eigenvalue weighted by Crippen LogP contribution is 2.33. The molecule has 2 aliphatic heterocycles. The molecule has 2 saturated heterocycles. The third-order valence-corrected chi connectivity index (χ3v) is 2.48. The third-order valence-electron chi connectivity index (χ3n) is 2.48. The van der Waals surface area contributed by atoms with Crippen LogP contribution in [-0.2, 0) is 9.59 Å². The Morgan fingerprint density at radius 2 is 2.00 bits per heavy atom. The summed E-state index contributed by atoms with van der Waals surface area (Å²) in [6.45, 7) is 5.51. The summed E-state index contributed by atoms with van der Waals surface area (Å²) in [6.07, 6.45) is 1.17. The molecule has 2 amide bonds. The summed E-state index contributed by atoms with van der Waals surface area (Å²) in [5, 5.41) is 5.42. The summed E-state index contributed by atoms with van der Waals surface area (Å²) in [6, 6.07) is 0. The second kappa shape index (κ2) is 3.87. The van der Waals surface area contributed by atoms with Crippen LogP contribution in [0.1, 0.15) is 26.7 Å². The minimum absolute atomic E-state index is 0.0903. The van der Waals surface area contributed by atoms with Crippen LogP contribution in [0, 0.1) is 5.41 Å². The van der Waals surface area contributed by atoms with Crippen molar-refractivity contribution in [2.45, 2.75) is 26.7 Å². The zero-order valence-electron chi connectivity index (χ0n) is 8.14. The maximum absolute atomic E-state index is 11.2. The second-order valence-electron chi connectivity index (χ2n) is 3.26. The van der Waals surface area contributed by atoms with Crippen molar-refractivity contribution in [1.82, 2.24) is 10.6 Å². The van der Waals surface area contributed by atoms with Gasteiger partial charge in [-0.15, -0.1) is 0 Å². The molecule has 2 heterocycles. The average molecular weight is 184 g/mol. The molecule has 0 aromatic rings. The molecule has 1 unspecified atom stereocenters. The molecule has 0 aromatic heterocycles. The van der Waals surface area contributed by atoms with Gasteiger partial charge >= 0.3 is 0 Å². The predicted octanol–water partition coefficient (Wildman–Crippen LogP) is 0.0388. The fraction of sp³-hybridized carbons (Fsp3) is 0.778. The Bertz CT molecular complexity index is 220. The molecule has 1 atom stereocenters. The largest absolute Gasteiger partial charge is 0.316 e. The van der Waals surface area contributed by atoms with Gasteiger partial charge in [-0.25, -0.2) is 0 Å². The van der Waals surface area contributed by atoms with E-state index in [-0.39, 0.29) is 11.8 Å². The van der Waals surface area contributed by atoms with Gasteiger partial charge in [0.25, 0.3) is 0 Å². The van der Waals surface area contributed by atoms with Gasteiger partial charge in [-0.1, -0.05) is 13.8 Å². The highest BCUT2D eigenvalue weighted by atomic mass is 16.2. The number of imide groups is 1. The first kappa shape index (κ1) is 10.2. The SMILES string of the molecule is CC.O=C1CC2(CCNC2)C(=O)N1. The fourth-order valence-corrected chi connectivity index (χ4v) is 1.78. The zero-order valence-corrected chi connectivity index (χ0v) is 8.14. The number of carbonyl (C=O) groups excluding carboxylic acids is 2. The molecule has 2 aliphatic rings. The van der Waals surface area contributed by atoms with Crippen LogP contribution in [0.25, 0.3) is 0 Å². The molecule has 2 fully saturated rings. The van der Waals surface area contributed by atoms with Gasteiger partial charge in [0.2, 0.25) is 11.8 Å². The van der Waals surface area contributed by atoms with Gasteiger partial charge in [-0.2, -0.15) is 0 Å². The van der Waals surface area contributed by atoms with Crippen LogP contribution in [0.3, 0.4) is 0 Å². The van der Waals surface area contributed by atoms with Crippen molar-refractivity contribution >= 4 is 11.8 Å². The number of hydrogen-bond donors (Lipinski definition) is 2. The monoisotopic (exact) mass is 184 g/mol. The lowest BCUT2D eigenvalue weighted by Crippen LogP contribution is -2.33. The molecule has 2 rings (SSSR count). The Kier molecular flexibility index (Phi) is 3.03. The van der Waals surface area contributed by atoms with E-state index in [1.807, 2.05) is 13.8 Å². The number of carbonyl (C=O) groups is 2. The standard InChI is InChI=1S/C7H10N2O2.C2H6/c10-5-3-7(6(11)9-5)1-2-8-4-7;1-2/h8H,1-4H2,(H,9,10,11);1-2H3. The molecular weight excluding hydrogens is 168 g/mol. The van der Waals surface area contributed by atoms with Crippen LogP contribution in [-0.4, -0.2) is 24.9 Å². The van der Waals surface area contributed by atoms with Crippen molar-refractivity contribution in [2.75, 3.05) is 13.1 Å². The molecule has 4 nitrogen and oxygen atoms in total. The minimum atomic E-state index is -0.392. The van der Waals surface area contributed by atoms with Crippen LogP contribution < -0.4 is 10.6 Å². The van der Waals surface area contributed by atoms with Gasteiger partial charge in [-0.3, -0.25) is 14.9 Å². The lowest BCUT2D eigenvalue weighted by Gasteiger charge is -2.14. The van der Waals surface area contributed by atoms with Crippen molar-refractivity contribution in [1.29, 1.82) is 0 Å². The molecular formula is C9H16N2O2. The van der Waals surface area contributed by atoms with E-state index < -0.39 is 5.41 Å². The van der Waals surface area contributed by atoms with Gasteiger partial charge < -0.3 is 5.32 Å². The predicted molar refractivity (Wildman–Crippen MR) is 49.0 cm³/mol. The highest BCUT2D eigenvalue weighted by molar-refractivity contribution is 6.06. The summed E-state index contributed by atoms with van der Waals surface area (Å²) < 4.78 is 0. The van der Waals surface area contributed by atoms with E-state index in [1.54, 1.807) is 0 Å². The maximum Gasteiger partial charge on any atom is 0.234 e. The highest BCUT2D eigenvalue weighted by Gasteiger charge is 2.48. The first-order valence-electron chi connectivity index (χ1n) is 4.78. The van der Waals surface area contributed by atoms with Crippen molar-refractivity contribution < 1.29 is 9.59 Å². The number of amides is 2. The third kappa shape index (κ3) is 1.72. The van der Waals surface area contributed by atoms with E-state index in [0.717, 1.165) is 13.0 Å².